The summed E-state index contributed by atoms with van der Waals surface area (Å²) < 4.78 is 43.5. The van der Waals surface area contributed by atoms with Crippen LogP contribution in [0.2, 0.25) is 0 Å². The van der Waals surface area contributed by atoms with Gasteiger partial charge in [0.1, 0.15) is 6.10 Å². The van der Waals surface area contributed by atoms with Crippen LogP contribution >= 0.6 is 11.3 Å². The predicted molar refractivity (Wildman–Crippen MR) is 101 cm³/mol. The Hall–Kier alpha value is -2.88. The van der Waals surface area contributed by atoms with E-state index in [1.807, 2.05) is 17.5 Å². The Labute approximate surface area is 168 Å². The first-order valence-electron chi connectivity index (χ1n) is 8.98. The molecule has 0 aromatic carbocycles. The molecule has 4 heterocycles. The number of likely N-dealkylation sites (tertiary alicyclic amines) is 1. The molecule has 1 amide bonds. The Bertz CT molecular complexity index is 962. The Morgan fingerprint density at radius 1 is 1.24 bits per heavy atom. The largest absolute Gasteiger partial charge is 0.474 e. The summed E-state index contributed by atoms with van der Waals surface area (Å²) in [5, 5.41) is 8.96. The first-order chi connectivity index (χ1) is 13.9. The third-order valence-electron chi connectivity index (χ3n) is 4.66. The van der Waals surface area contributed by atoms with Gasteiger partial charge in [0.2, 0.25) is 5.88 Å². The molecular formula is C19H17F3N4O2S. The SMILES string of the molecule is O=C(c1cc(-c2cccs2)[nH]n1)N1CCC(Oc2ccc(C(F)(F)F)cn2)CC1. The van der Waals surface area contributed by atoms with Gasteiger partial charge in [0.05, 0.1) is 16.1 Å². The van der Waals surface area contributed by atoms with Crippen LogP contribution in [0, 0.1) is 0 Å². The average Bonchev–Trinajstić information content (AvgIpc) is 3.39. The zero-order chi connectivity index (χ0) is 20.4. The van der Waals surface area contributed by atoms with Crippen LogP contribution in [0.15, 0.2) is 41.9 Å². The minimum absolute atomic E-state index is 0.149. The monoisotopic (exact) mass is 422 g/mol. The smallest absolute Gasteiger partial charge is 0.417 e. The normalized spacial score (nSPS) is 15.5. The van der Waals surface area contributed by atoms with Crippen molar-refractivity contribution in [3.8, 4) is 16.5 Å². The van der Waals surface area contributed by atoms with Crippen molar-refractivity contribution < 1.29 is 22.7 Å². The van der Waals surface area contributed by atoms with Crippen LogP contribution < -0.4 is 4.74 Å². The third kappa shape index (κ3) is 4.42. The second-order valence-electron chi connectivity index (χ2n) is 6.64. The summed E-state index contributed by atoms with van der Waals surface area (Å²) in [5.74, 6) is -0.00849. The maximum atomic E-state index is 12.7. The quantitative estimate of drug-likeness (QED) is 0.683. The van der Waals surface area contributed by atoms with Crippen molar-refractivity contribution in [3.63, 3.8) is 0 Å². The molecular weight excluding hydrogens is 405 g/mol. The number of hydrogen-bond acceptors (Lipinski definition) is 5. The molecule has 0 aliphatic carbocycles. The van der Waals surface area contributed by atoms with Crippen LogP contribution in [0.5, 0.6) is 5.88 Å². The summed E-state index contributed by atoms with van der Waals surface area (Å²) in [6.45, 7) is 0.955. The fraction of sp³-hybridized carbons (Fsp3) is 0.316. The maximum Gasteiger partial charge on any atom is 0.417 e. The lowest BCUT2D eigenvalue weighted by Crippen LogP contribution is -2.42. The standard InChI is InChI=1S/C19H17F3N4O2S/c20-19(21,22)12-3-4-17(23-11-12)28-13-5-7-26(8-6-13)18(27)15-10-14(24-25-15)16-2-1-9-29-16/h1-4,9-11,13H,5-8H2,(H,24,25). The number of pyridine rings is 1. The number of ether oxygens (including phenoxy) is 1. The zero-order valence-corrected chi connectivity index (χ0v) is 16.0. The average molecular weight is 422 g/mol. The zero-order valence-electron chi connectivity index (χ0n) is 15.1. The second-order valence-corrected chi connectivity index (χ2v) is 7.58. The van der Waals surface area contributed by atoms with Crippen LogP contribution in [-0.2, 0) is 6.18 Å². The molecule has 0 spiro atoms. The number of nitrogens with one attached hydrogen (secondary N) is 1. The topological polar surface area (TPSA) is 71.1 Å². The number of hydrogen-bond donors (Lipinski definition) is 1. The van der Waals surface area contributed by atoms with E-state index >= 15 is 0 Å². The number of halogens is 3. The summed E-state index contributed by atoms with van der Waals surface area (Å²) >= 11 is 1.56. The highest BCUT2D eigenvalue weighted by Crippen LogP contribution is 2.30. The summed E-state index contributed by atoms with van der Waals surface area (Å²) in [5.41, 5.74) is 0.346. The molecule has 1 saturated heterocycles. The summed E-state index contributed by atoms with van der Waals surface area (Å²) in [4.78, 5) is 19.1. The number of aromatic amines is 1. The molecule has 1 aliphatic heterocycles. The summed E-state index contributed by atoms with van der Waals surface area (Å²) in [6, 6.07) is 7.78. The molecule has 0 atom stereocenters. The third-order valence-corrected chi connectivity index (χ3v) is 5.57. The molecule has 152 valence electrons. The minimum atomic E-state index is -4.42. The van der Waals surface area contributed by atoms with Gasteiger partial charge in [0, 0.05) is 38.2 Å². The minimum Gasteiger partial charge on any atom is -0.474 e. The summed E-state index contributed by atoms with van der Waals surface area (Å²) in [6.07, 6.45) is -2.74. The Kier molecular flexibility index (Phi) is 5.27. The van der Waals surface area contributed by atoms with Gasteiger partial charge in [-0.1, -0.05) is 6.07 Å². The van der Waals surface area contributed by atoms with E-state index in [1.165, 1.54) is 6.07 Å². The Balaban J connectivity index is 1.32. The molecule has 1 N–H and O–H groups in total. The molecule has 0 saturated carbocycles. The molecule has 3 aromatic heterocycles. The van der Waals surface area contributed by atoms with Crippen LogP contribution in [0.3, 0.4) is 0 Å². The van der Waals surface area contributed by atoms with E-state index in [2.05, 4.69) is 15.2 Å². The Morgan fingerprint density at radius 3 is 2.66 bits per heavy atom. The number of thiophene rings is 1. The van der Waals surface area contributed by atoms with Crippen LogP contribution in [0.25, 0.3) is 10.6 Å². The van der Waals surface area contributed by atoms with Crippen molar-refractivity contribution in [2.45, 2.75) is 25.1 Å². The number of rotatable bonds is 4. The lowest BCUT2D eigenvalue weighted by Gasteiger charge is -2.31. The predicted octanol–water partition coefficient (Wildman–Crippen LogP) is 4.24. The fourth-order valence-corrected chi connectivity index (χ4v) is 3.81. The molecule has 29 heavy (non-hydrogen) atoms. The Morgan fingerprint density at radius 2 is 2.03 bits per heavy atom. The van der Waals surface area contributed by atoms with E-state index in [0.29, 0.717) is 31.6 Å². The van der Waals surface area contributed by atoms with Crippen molar-refractivity contribution in [3.05, 3.63) is 53.2 Å². The van der Waals surface area contributed by atoms with Gasteiger partial charge in [-0.2, -0.15) is 18.3 Å². The molecule has 6 nitrogen and oxygen atoms in total. The highest BCUT2D eigenvalue weighted by atomic mass is 32.1. The van der Waals surface area contributed by atoms with Gasteiger partial charge in [0.15, 0.2) is 5.69 Å². The van der Waals surface area contributed by atoms with E-state index in [9.17, 15) is 18.0 Å². The van der Waals surface area contributed by atoms with Gasteiger partial charge in [-0.3, -0.25) is 9.89 Å². The number of amides is 1. The van der Waals surface area contributed by atoms with Gasteiger partial charge >= 0.3 is 6.18 Å². The maximum absolute atomic E-state index is 12.7. The molecule has 4 rings (SSSR count). The molecule has 10 heteroatoms. The van der Waals surface area contributed by atoms with Gasteiger partial charge in [-0.25, -0.2) is 4.98 Å². The van der Waals surface area contributed by atoms with Crippen molar-refractivity contribution >= 4 is 17.2 Å². The lowest BCUT2D eigenvalue weighted by molar-refractivity contribution is -0.137. The summed E-state index contributed by atoms with van der Waals surface area (Å²) in [7, 11) is 0. The number of piperidine rings is 1. The number of H-pyrrole nitrogens is 1. The highest BCUT2D eigenvalue weighted by Gasteiger charge is 2.31. The van der Waals surface area contributed by atoms with Crippen molar-refractivity contribution in [2.24, 2.45) is 0 Å². The number of nitrogens with zero attached hydrogens (tertiary/aromatic N) is 3. The number of aromatic nitrogens is 3. The molecule has 1 aliphatic rings. The van der Waals surface area contributed by atoms with Crippen LogP contribution in [0.4, 0.5) is 13.2 Å². The van der Waals surface area contributed by atoms with Gasteiger partial charge in [-0.05, 0) is 23.6 Å². The van der Waals surface area contributed by atoms with E-state index in [1.54, 1.807) is 22.3 Å². The molecule has 3 aromatic rings. The van der Waals surface area contributed by atoms with E-state index in [-0.39, 0.29) is 17.9 Å². The van der Waals surface area contributed by atoms with E-state index in [4.69, 9.17) is 4.74 Å². The molecule has 0 bridgehead atoms. The lowest BCUT2D eigenvalue weighted by atomic mass is 10.1. The number of carbonyl (C=O) groups is 1. The van der Waals surface area contributed by atoms with Crippen molar-refractivity contribution in [2.75, 3.05) is 13.1 Å². The van der Waals surface area contributed by atoms with Crippen molar-refractivity contribution in [1.82, 2.24) is 20.1 Å². The van der Waals surface area contributed by atoms with Gasteiger partial charge < -0.3 is 9.64 Å². The molecule has 0 radical (unpaired) electrons. The van der Waals surface area contributed by atoms with Gasteiger partial charge in [0.25, 0.3) is 5.91 Å². The highest BCUT2D eigenvalue weighted by molar-refractivity contribution is 7.13. The molecule has 1 fully saturated rings. The van der Waals surface area contributed by atoms with Crippen LogP contribution in [-0.4, -0.2) is 45.2 Å². The number of alkyl halides is 3. The number of carbonyl (C=O) groups excluding carboxylic acids is 1. The van der Waals surface area contributed by atoms with Gasteiger partial charge in [-0.15, -0.1) is 11.3 Å². The van der Waals surface area contributed by atoms with E-state index in [0.717, 1.165) is 22.8 Å². The molecule has 0 unspecified atom stereocenters. The van der Waals surface area contributed by atoms with Crippen LogP contribution in [0.1, 0.15) is 28.9 Å². The first kappa shape index (κ1) is 19.4. The van der Waals surface area contributed by atoms with E-state index < -0.39 is 11.7 Å². The second kappa shape index (κ2) is 7.86. The van der Waals surface area contributed by atoms with Crippen molar-refractivity contribution in [1.29, 1.82) is 0 Å². The fourth-order valence-electron chi connectivity index (χ4n) is 3.12. The first-order valence-corrected chi connectivity index (χ1v) is 9.86.